The van der Waals surface area contributed by atoms with E-state index in [4.69, 9.17) is 5.11 Å². The molecule has 0 aromatic carbocycles. The number of rotatable bonds is 6. The zero-order valence-electron chi connectivity index (χ0n) is 9.40. The minimum Gasteiger partial charge on any atom is -0.481 e. The molecule has 0 saturated heterocycles. The molecular formula is C11H19NO3. The van der Waals surface area contributed by atoms with Crippen LogP contribution in [-0.2, 0) is 9.59 Å². The predicted octanol–water partition coefficient (Wildman–Crippen LogP) is 1.36. The third-order valence-corrected chi connectivity index (χ3v) is 2.72. The van der Waals surface area contributed by atoms with Crippen molar-refractivity contribution < 1.29 is 14.7 Å². The van der Waals surface area contributed by atoms with Crippen LogP contribution in [0.25, 0.3) is 0 Å². The van der Waals surface area contributed by atoms with E-state index in [1.54, 1.807) is 4.90 Å². The summed E-state index contributed by atoms with van der Waals surface area (Å²) in [5, 5.41) is 8.74. The second kappa shape index (κ2) is 5.14. The van der Waals surface area contributed by atoms with E-state index in [1.807, 2.05) is 13.8 Å². The van der Waals surface area contributed by atoms with E-state index in [9.17, 15) is 9.59 Å². The largest absolute Gasteiger partial charge is 0.481 e. The molecule has 0 aromatic rings. The van der Waals surface area contributed by atoms with Gasteiger partial charge in [0.25, 0.3) is 0 Å². The van der Waals surface area contributed by atoms with Crippen molar-refractivity contribution in [2.75, 3.05) is 13.1 Å². The third-order valence-electron chi connectivity index (χ3n) is 2.72. The van der Waals surface area contributed by atoms with E-state index in [0.717, 1.165) is 25.9 Å². The number of aliphatic carboxylic acids is 1. The molecule has 4 heteroatoms. The monoisotopic (exact) mass is 213 g/mol. The van der Waals surface area contributed by atoms with Gasteiger partial charge in [-0.15, -0.1) is 0 Å². The first-order chi connectivity index (χ1) is 7.11. The molecule has 0 heterocycles. The highest BCUT2D eigenvalue weighted by Gasteiger charge is 2.49. The third kappa shape index (κ3) is 2.94. The molecule has 0 aliphatic heterocycles. The van der Waals surface area contributed by atoms with Crippen molar-refractivity contribution in [1.82, 2.24) is 4.90 Å². The zero-order valence-corrected chi connectivity index (χ0v) is 9.40. The van der Waals surface area contributed by atoms with Crippen LogP contribution in [0.1, 0.15) is 33.1 Å². The summed E-state index contributed by atoms with van der Waals surface area (Å²) < 4.78 is 0. The van der Waals surface area contributed by atoms with Crippen molar-refractivity contribution >= 4 is 11.9 Å². The van der Waals surface area contributed by atoms with E-state index >= 15 is 0 Å². The number of hydrogen-bond donors (Lipinski definition) is 1. The number of hydrogen-bond acceptors (Lipinski definition) is 2. The Bertz CT molecular complexity index is 246. The van der Waals surface area contributed by atoms with Crippen LogP contribution in [-0.4, -0.2) is 35.0 Å². The maximum Gasteiger partial charge on any atom is 0.307 e. The molecule has 2 atom stereocenters. The molecule has 1 amide bonds. The van der Waals surface area contributed by atoms with Crippen molar-refractivity contribution in [3.63, 3.8) is 0 Å². The van der Waals surface area contributed by atoms with Gasteiger partial charge in [0.1, 0.15) is 0 Å². The van der Waals surface area contributed by atoms with Crippen LogP contribution in [0.2, 0.25) is 0 Å². The van der Waals surface area contributed by atoms with Gasteiger partial charge in [-0.25, -0.2) is 0 Å². The van der Waals surface area contributed by atoms with Gasteiger partial charge in [0.05, 0.1) is 11.8 Å². The molecule has 0 bridgehead atoms. The number of amides is 1. The molecule has 2 unspecified atom stereocenters. The second-order valence-electron chi connectivity index (χ2n) is 4.11. The maximum absolute atomic E-state index is 11.9. The van der Waals surface area contributed by atoms with Gasteiger partial charge in [-0.3, -0.25) is 9.59 Å². The summed E-state index contributed by atoms with van der Waals surface area (Å²) in [7, 11) is 0. The van der Waals surface area contributed by atoms with E-state index in [-0.39, 0.29) is 11.8 Å². The Hall–Kier alpha value is -1.06. The van der Waals surface area contributed by atoms with Crippen LogP contribution in [0.15, 0.2) is 0 Å². The minimum atomic E-state index is -0.832. The number of carboxylic acid groups (broad SMARTS) is 1. The highest BCUT2D eigenvalue weighted by molar-refractivity contribution is 5.89. The van der Waals surface area contributed by atoms with E-state index < -0.39 is 11.9 Å². The number of carbonyl (C=O) groups is 2. The summed E-state index contributed by atoms with van der Waals surface area (Å²) in [4.78, 5) is 24.3. The zero-order chi connectivity index (χ0) is 11.4. The van der Waals surface area contributed by atoms with Gasteiger partial charge in [-0.2, -0.15) is 0 Å². The van der Waals surface area contributed by atoms with Crippen LogP contribution < -0.4 is 0 Å². The fourth-order valence-electron chi connectivity index (χ4n) is 1.85. The molecule has 1 rings (SSSR count). The topological polar surface area (TPSA) is 57.6 Å². The number of carboxylic acids is 1. The van der Waals surface area contributed by atoms with Crippen molar-refractivity contribution in [3.05, 3.63) is 0 Å². The molecule has 1 saturated carbocycles. The smallest absolute Gasteiger partial charge is 0.307 e. The Balaban J connectivity index is 2.47. The van der Waals surface area contributed by atoms with Crippen LogP contribution in [0, 0.1) is 11.8 Å². The lowest BCUT2D eigenvalue weighted by molar-refractivity contribution is -0.142. The van der Waals surface area contributed by atoms with Crippen molar-refractivity contribution in [1.29, 1.82) is 0 Å². The first-order valence-electron chi connectivity index (χ1n) is 5.63. The average molecular weight is 213 g/mol. The van der Waals surface area contributed by atoms with E-state index in [2.05, 4.69) is 0 Å². The van der Waals surface area contributed by atoms with Crippen molar-refractivity contribution in [2.24, 2.45) is 11.8 Å². The van der Waals surface area contributed by atoms with Crippen LogP contribution in [0.4, 0.5) is 0 Å². The van der Waals surface area contributed by atoms with Crippen molar-refractivity contribution in [3.8, 4) is 0 Å². The fraction of sp³-hybridized carbons (Fsp3) is 0.818. The van der Waals surface area contributed by atoms with Crippen LogP contribution in [0.3, 0.4) is 0 Å². The normalized spacial score (nSPS) is 23.6. The van der Waals surface area contributed by atoms with Gasteiger partial charge in [-0.05, 0) is 19.3 Å². The fourth-order valence-corrected chi connectivity index (χ4v) is 1.85. The number of carbonyl (C=O) groups excluding carboxylic acids is 1. The van der Waals surface area contributed by atoms with E-state index in [0.29, 0.717) is 6.42 Å². The summed E-state index contributed by atoms with van der Waals surface area (Å²) in [6.07, 6.45) is 2.38. The van der Waals surface area contributed by atoms with Gasteiger partial charge in [0, 0.05) is 13.1 Å². The number of nitrogens with zero attached hydrogens (tertiary/aromatic N) is 1. The highest BCUT2D eigenvalue weighted by atomic mass is 16.4. The lowest BCUT2D eigenvalue weighted by atomic mass is 10.2. The second-order valence-corrected chi connectivity index (χ2v) is 4.11. The SMILES string of the molecule is CCCN(CCC)C(=O)C1CC1C(=O)O. The lowest BCUT2D eigenvalue weighted by Crippen LogP contribution is -2.34. The first kappa shape index (κ1) is 12.0. The molecule has 1 aliphatic carbocycles. The van der Waals surface area contributed by atoms with Gasteiger partial charge < -0.3 is 10.0 Å². The molecule has 0 radical (unpaired) electrons. The molecule has 15 heavy (non-hydrogen) atoms. The Morgan fingerprint density at radius 2 is 1.73 bits per heavy atom. The van der Waals surface area contributed by atoms with Crippen molar-refractivity contribution in [2.45, 2.75) is 33.1 Å². The quantitative estimate of drug-likeness (QED) is 0.724. The summed E-state index contributed by atoms with van der Waals surface area (Å²) in [5.41, 5.74) is 0. The molecule has 0 aromatic heterocycles. The van der Waals surface area contributed by atoms with Crippen LogP contribution >= 0.6 is 0 Å². The minimum absolute atomic E-state index is 0.0334. The summed E-state index contributed by atoms with van der Waals surface area (Å²) in [6, 6.07) is 0. The van der Waals surface area contributed by atoms with Crippen LogP contribution in [0.5, 0.6) is 0 Å². The summed E-state index contributed by atoms with van der Waals surface area (Å²) in [5.74, 6) is -1.47. The average Bonchev–Trinajstić information content (AvgIpc) is 2.96. The Kier molecular flexibility index (Phi) is 4.12. The van der Waals surface area contributed by atoms with Gasteiger partial charge in [-0.1, -0.05) is 13.8 Å². The molecule has 86 valence electrons. The highest BCUT2D eigenvalue weighted by Crippen LogP contribution is 2.40. The van der Waals surface area contributed by atoms with Gasteiger partial charge >= 0.3 is 5.97 Å². The van der Waals surface area contributed by atoms with E-state index in [1.165, 1.54) is 0 Å². The first-order valence-corrected chi connectivity index (χ1v) is 5.63. The molecule has 1 N–H and O–H groups in total. The van der Waals surface area contributed by atoms with Gasteiger partial charge in [0.15, 0.2) is 0 Å². The summed E-state index contributed by atoms with van der Waals surface area (Å²) >= 11 is 0. The molecule has 1 fully saturated rings. The molecule has 4 nitrogen and oxygen atoms in total. The Labute approximate surface area is 90.3 Å². The molecular weight excluding hydrogens is 194 g/mol. The lowest BCUT2D eigenvalue weighted by Gasteiger charge is -2.21. The Morgan fingerprint density at radius 3 is 2.07 bits per heavy atom. The summed E-state index contributed by atoms with van der Waals surface area (Å²) in [6.45, 7) is 5.54. The standard InChI is InChI=1S/C11H19NO3/c1-3-5-12(6-4-2)10(13)8-7-9(8)11(14)15/h8-9H,3-7H2,1-2H3,(H,14,15). The predicted molar refractivity (Wildman–Crippen MR) is 56.4 cm³/mol. The maximum atomic E-state index is 11.9. The Morgan fingerprint density at radius 1 is 1.20 bits per heavy atom. The molecule has 1 aliphatic rings. The molecule has 0 spiro atoms. The van der Waals surface area contributed by atoms with Gasteiger partial charge in [0.2, 0.25) is 5.91 Å².